The molecule has 0 bridgehead atoms. The van der Waals surface area contributed by atoms with Crippen molar-refractivity contribution in [2.45, 2.75) is 19.3 Å². The van der Waals surface area contributed by atoms with E-state index in [1.54, 1.807) is 0 Å². The zero-order chi connectivity index (χ0) is 7.94. The van der Waals surface area contributed by atoms with Gasteiger partial charge in [0.1, 0.15) is 0 Å². The molecule has 64 valence electrons. The largest absolute Gasteiger partial charge is 0.394 e. The Bertz CT molecular complexity index is 121. The van der Waals surface area contributed by atoms with Crippen LogP contribution in [0.2, 0.25) is 0 Å². The minimum absolute atomic E-state index is 0.141. The predicted molar refractivity (Wildman–Crippen MR) is 44.4 cm³/mol. The van der Waals surface area contributed by atoms with Gasteiger partial charge in [0.15, 0.2) is 0 Å². The van der Waals surface area contributed by atoms with Crippen molar-refractivity contribution in [1.29, 1.82) is 0 Å². The lowest BCUT2D eigenvalue weighted by atomic mass is 9.95. The fraction of sp³-hybridized carbons (Fsp3) is 0.778. The van der Waals surface area contributed by atoms with Crippen LogP contribution in [-0.2, 0) is 4.74 Å². The van der Waals surface area contributed by atoms with E-state index in [2.05, 4.69) is 12.2 Å². The minimum atomic E-state index is 0.141. The molecule has 1 aliphatic carbocycles. The molecule has 0 radical (unpaired) electrons. The van der Waals surface area contributed by atoms with Crippen LogP contribution in [-0.4, -0.2) is 24.9 Å². The topological polar surface area (TPSA) is 29.5 Å². The monoisotopic (exact) mass is 156 g/mol. The van der Waals surface area contributed by atoms with Gasteiger partial charge in [-0.25, -0.2) is 0 Å². The van der Waals surface area contributed by atoms with E-state index in [-0.39, 0.29) is 6.61 Å². The molecular formula is C9H16O2. The van der Waals surface area contributed by atoms with E-state index in [1.165, 1.54) is 12.8 Å². The Kier molecular flexibility index (Phi) is 4.24. The Hall–Kier alpha value is -0.340. The molecule has 1 N–H and O–H groups in total. The van der Waals surface area contributed by atoms with E-state index in [0.29, 0.717) is 12.5 Å². The minimum Gasteiger partial charge on any atom is -0.394 e. The lowest BCUT2D eigenvalue weighted by Gasteiger charge is -2.16. The van der Waals surface area contributed by atoms with Gasteiger partial charge >= 0.3 is 0 Å². The van der Waals surface area contributed by atoms with Gasteiger partial charge in [0.25, 0.3) is 0 Å². The number of aliphatic hydroxyl groups is 1. The van der Waals surface area contributed by atoms with Gasteiger partial charge in [0.05, 0.1) is 13.2 Å². The number of hydrogen-bond acceptors (Lipinski definition) is 2. The van der Waals surface area contributed by atoms with Gasteiger partial charge in [-0.3, -0.25) is 0 Å². The molecule has 0 saturated heterocycles. The first-order chi connectivity index (χ1) is 5.43. The zero-order valence-electron chi connectivity index (χ0n) is 6.83. The van der Waals surface area contributed by atoms with Crippen LogP contribution in [0.15, 0.2) is 12.2 Å². The predicted octanol–water partition coefficient (Wildman–Crippen LogP) is 1.35. The molecule has 0 fully saturated rings. The van der Waals surface area contributed by atoms with Gasteiger partial charge in [-0.1, -0.05) is 12.2 Å². The molecule has 0 saturated carbocycles. The van der Waals surface area contributed by atoms with Crippen molar-refractivity contribution in [3.8, 4) is 0 Å². The smallest absolute Gasteiger partial charge is 0.0697 e. The maximum absolute atomic E-state index is 8.46. The summed E-state index contributed by atoms with van der Waals surface area (Å²) < 4.78 is 5.24. The van der Waals surface area contributed by atoms with Crippen LogP contribution in [0.4, 0.5) is 0 Å². The third-order valence-corrected chi connectivity index (χ3v) is 1.97. The molecule has 1 rings (SSSR count). The standard InChI is InChI=1S/C9H16O2/c10-6-7-11-8-9-4-2-1-3-5-9/h1-2,9-10H,3-8H2. The van der Waals surface area contributed by atoms with Crippen LogP contribution in [0.1, 0.15) is 19.3 Å². The summed E-state index contributed by atoms with van der Waals surface area (Å²) >= 11 is 0. The summed E-state index contributed by atoms with van der Waals surface area (Å²) in [6.45, 7) is 1.44. The Morgan fingerprint density at radius 1 is 1.45 bits per heavy atom. The molecule has 0 aromatic carbocycles. The molecule has 11 heavy (non-hydrogen) atoms. The van der Waals surface area contributed by atoms with Crippen LogP contribution in [0.5, 0.6) is 0 Å². The highest BCUT2D eigenvalue weighted by molar-refractivity contribution is 4.89. The number of allylic oxidation sites excluding steroid dienone is 2. The first kappa shape index (κ1) is 8.75. The van der Waals surface area contributed by atoms with E-state index in [9.17, 15) is 0 Å². The molecule has 2 nitrogen and oxygen atoms in total. The number of aliphatic hydroxyl groups excluding tert-OH is 1. The maximum atomic E-state index is 8.46. The molecule has 0 amide bonds. The molecule has 0 aromatic heterocycles. The Morgan fingerprint density at radius 3 is 3.00 bits per heavy atom. The van der Waals surface area contributed by atoms with Gasteiger partial charge in [-0.05, 0) is 25.2 Å². The summed E-state index contributed by atoms with van der Waals surface area (Å²) in [5.74, 6) is 0.687. The lowest BCUT2D eigenvalue weighted by Crippen LogP contribution is -2.12. The van der Waals surface area contributed by atoms with E-state index in [0.717, 1.165) is 13.0 Å². The van der Waals surface area contributed by atoms with E-state index < -0.39 is 0 Å². The molecular weight excluding hydrogens is 140 g/mol. The van der Waals surface area contributed by atoms with Gasteiger partial charge in [-0.2, -0.15) is 0 Å². The SMILES string of the molecule is OCCOCC1CC=CCC1. The maximum Gasteiger partial charge on any atom is 0.0697 e. The quantitative estimate of drug-likeness (QED) is 0.492. The second-order valence-corrected chi connectivity index (χ2v) is 2.95. The first-order valence-corrected chi connectivity index (χ1v) is 4.27. The van der Waals surface area contributed by atoms with Crippen LogP contribution in [0, 0.1) is 5.92 Å². The Morgan fingerprint density at radius 2 is 2.36 bits per heavy atom. The zero-order valence-corrected chi connectivity index (χ0v) is 6.83. The molecule has 0 aromatic rings. The summed E-state index contributed by atoms with van der Waals surface area (Å²) in [4.78, 5) is 0. The summed E-state index contributed by atoms with van der Waals surface area (Å²) in [6, 6.07) is 0. The molecule has 0 spiro atoms. The van der Waals surface area contributed by atoms with Crippen molar-refractivity contribution in [3.05, 3.63) is 12.2 Å². The van der Waals surface area contributed by atoms with Crippen LogP contribution < -0.4 is 0 Å². The molecule has 2 heteroatoms. The number of ether oxygens (including phenoxy) is 1. The van der Waals surface area contributed by atoms with Crippen LogP contribution >= 0.6 is 0 Å². The third-order valence-electron chi connectivity index (χ3n) is 1.97. The molecule has 0 heterocycles. The fourth-order valence-corrected chi connectivity index (χ4v) is 1.32. The van der Waals surface area contributed by atoms with E-state index in [1.807, 2.05) is 0 Å². The molecule has 0 aliphatic heterocycles. The average Bonchev–Trinajstić information content (AvgIpc) is 2.07. The normalized spacial score (nSPS) is 23.9. The Labute approximate surface area is 67.9 Å². The van der Waals surface area contributed by atoms with Gasteiger partial charge in [-0.15, -0.1) is 0 Å². The average molecular weight is 156 g/mol. The molecule has 1 aliphatic rings. The van der Waals surface area contributed by atoms with Crippen molar-refractivity contribution >= 4 is 0 Å². The van der Waals surface area contributed by atoms with Crippen molar-refractivity contribution < 1.29 is 9.84 Å². The lowest BCUT2D eigenvalue weighted by molar-refractivity contribution is 0.0655. The number of rotatable bonds is 4. The van der Waals surface area contributed by atoms with Crippen molar-refractivity contribution in [3.63, 3.8) is 0 Å². The van der Waals surface area contributed by atoms with Gasteiger partial charge in [0.2, 0.25) is 0 Å². The van der Waals surface area contributed by atoms with Gasteiger partial charge in [0, 0.05) is 6.61 Å². The summed E-state index contributed by atoms with van der Waals surface area (Å²) in [5.41, 5.74) is 0. The highest BCUT2D eigenvalue weighted by atomic mass is 16.5. The van der Waals surface area contributed by atoms with Crippen LogP contribution in [0.25, 0.3) is 0 Å². The molecule has 1 unspecified atom stereocenters. The number of hydrogen-bond donors (Lipinski definition) is 1. The van der Waals surface area contributed by atoms with E-state index in [4.69, 9.17) is 9.84 Å². The summed E-state index contributed by atoms with van der Waals surface area (Å²) in [7, 11) is 0. The van der Waals surface area contributed by atoms with Crippen molar-refractivity contribution in [2.75, 3.05) is 19.8 Å². The first-order valence-electron chi connectivity index (χ1n) is 4.27. The molecule has 1 atom stereocenters. The Balaban J connectivity index is 2.02. The fourth-order valence-electron chi connectivity index (χ4n) is 1.32. The highest BCUT2D eigenvalue weighted by Gasteiger charge is 2.08. The summed E-state index contributed by atoms with van der Waals surface area (Å²) in [5, 5.41) is 8.46. The highest BCUT2D eigenvalue weighted by Crippen LogP contribution is 2.17. The second-order valence-electron chi connectivity index (χ2n) is 2.95. The van der Waals surface area contributed by atoms with Crippen LogP contribution in [0.3, 0.4) is 0 Å². The van der Waals surface area contributed by atoms with Gasteiger partial charge < -0.3 is 9.84 Å². The summed E-state index contributed by atoms with van der Waals surface area (Å²) in [6.07, 6.45) is 8.01. The third kappa shape index (κ3) is 3.54. The van der Waals surface area contributed by atoms with Crippen molar-refractivity contribution in [2.24, 2.45) is 5.92 Å². The van der Waals surface area contributed by atoms with E-state index >= 15 is 0 Å². The van der Waals surface area contributed by atoms with Crippen molar-refractivity contribution in [1.82, 2.24) is 0 Å². The second kappa shape index (κ2) is 5.33.